The number of thiophene rings is 1. The van der Waals surface area contributed by atoms with E-state index in [1.807, 2.05) is 11.3 Å². The minimum absolute atomic E-state index is 1.25. The molecule has 10 rings (SSSR count). The summed E-state index contributed by atoms with van der Waals surface area (Å²) in [6, 6.07) is 62.8. The first-order chi connectivity index (χ1) is 23.3. The number of hydrogen-bond donors (Lipinski definition) is 0. The first kappa shape index (κ1) is 26.5. The Bertz CT molecular complexity index is 2780. The number of rotatable bonds is 3. The second-order valence-corrected chi connectivity index (χ2v) is 13.6. The van der Waals surface area contributed by atoms with Crippen molar-refractivity contribution in [1.82, 2.24) is 0 Å². The molecule has 0 radical (unpaired) electrons. The van der Waals surface area contributed by atoms with Crippen LogP contribution >= 0.6 is 11.3 Å². The zero-order valence-electron chi connectivity index (χ0n) is 25.6. The van der Waals surface area contributed by atoms with Crippen molar-refractivity contribution < 1.29 is 0 Å². The Kier molecular flexibility index (Phi) is 5.85. The largest absolute Gasteiger partial charge is 0.135 e. The van der Waals surface area contributed by atoms with Gasteiger partial charge in [-0.15, -0.1) is 11.3 Å². The van der Waals surface area contributed by atoms with Gasteiger partial charge in [0.1, 0.15) is 0 Å². The molecule has 0 saturated heterocycles. The summed E-state index contributed by atoms with van der Waals surface area (Å²) in [7, 11) is 0. The molecule has 0 atom stereocenters. The van der Waals surface area contributed by atoms with Crippen LogP contribution in [0.4, 0.5) is 0 Å². The lowest BCUT2D eigenvalue weighted by Gasteiger charge is -2.18. The minimum atomic E-state index is 1.25. The van der Waals surface area contributed by atoms with Crippen LogP contribution < -0.4 is 0 Å². The first-order valence-corrected chi connectivity index (χ1v) is 17.0. The summed E-state index contributed by atoms with van der Waals surface area (Å²) < 4.78 is 2.68. The highest BCUT2D eigenvalue weighted by molar-refractivity contribution is 7.25. The maximum Gasteiger partial charge on any atom is 0.0361 e. The van der Waals surface area contributed by atoms with Crippen molar-refractivity contribution in [1.29, 1.82) is 0 Å². The summed E-state index contributed by atoms with van der Waals surface area (Å²) in [5, 5.41) is 12.9. The van der Waals surface area contributed by atoms with Crippen molar-refractivity contribution in [2.45, 2.75) is 0 Å². The van der Waals surface area contributed by atoms with Gasteiger partial charge in [-0.3, -0.25) is 0 Å². The molecule has 0 aliphatic heterocycles. The van der Waals surface area contributed by atoms with E-state index in [1.165, 1.54) is 96.6 Å². The molecule has 0 nitrogen and oxygen atoms in total. The molecule has 1 aromatic heterocycles. The van der Waals surface area contributed by atoms with Gasteiger partial charge in [0.2, 0.25) is 0 Å². The molecule has 9 aromatic carbocycles. The Morgan fingerprint density at radius 1 is 0.255 bits per heavy atom. The molecular formula is C46H28S. The van der Waals surface area contributed by atoms with E-state index in [1.54, 1.807) is 0 Å². The van der Waals surface area contributed by atoms with Crippen molar-refractivity contribution in [2.24, 2.45) is 0 Å². The van der Waals surface area contributed by atoms with Crippen LogP contribution in [0.5, 0.6) is 0 Å². The Morgan fingerprint density at radius 3 is 1.40 bits per heavy atom. The SMILES string of the molecule is c1ccc(-c2c3ccccc3c(-c3ccc4cc(-c5ccc6sc7cc8ccccc8cc7c6c5)ccc4c3)c3ccccc23)cc1. The highest BCUT2D eigenvalue weighted by atomic mass is 32.1. The van der Waals surface area contributed by atoms with Gasteiger partial charge in [-0.05, 0) is 113 Å². The fourth-order valence-corrected chi connectivity index (χ4v) is 8.69. The molecule has 0 fully saturated rings. The highest BCUT2D eigenvalue weighted by Crippen LogP contribution is 2.44. The predicted molar refractivity (Wildman–Crippen MR) is 206 cm³/mol. The number of fused-ring (bicyclic) bond motifs is 7. The molecule has 47 heavy (non-hydrogen) atoms. The molecule has 1 heterocycles. The lowest BCUT2D eigenvalue weighted by Crippen LogP contribution is -1.90. The molecule has 0 amide bonds. The Balaban J connectivity index is 1.12. The van der Waals surface area contributed by atoms with Gasteiger partial charge in [-0.25, -0.2) is 0 Å². The molecule has 10 aromatic rings. The summed E-state index contributed by atoms with van der Waals surface area (Å²) in [6.07, 6.45) is 0. The maximum absolute atomic E-state index is 2.38. The van der Waals surface area contributed by atoms with E-state index >= 15 is 0 Å². The minimum Gasteiger partial charge on any atom is -0.135 e. The highest BCUT2D eigenvalue weighted by Gasteiger charge is 2.17. The van der Waals surface area contributed by atoms with Gasteiger partial charge in [0.15, 0.2) is 0 Å². The summed E-state index contributed by atoms with van der Waals surface area (Å²) in [4.78, 5) is 0. The van der Waals surface area contributed by atoms with Gasteiger partial charge >= 0.3 is 0 Å². The van der Waals surface area contributed by atoms with Crippen LogP contribution in [0.3, 0.4) is 0 Å². The van der Waals surface area contributed by atoms with Crippen molar-refractivity contribution in [3.63, 3.8) is 0 Å². The van der Waals surface area contributed by atoms with E-state index in [0.29, 0.717) is 0 Å². The number of hydrogen-bond acceptors (Lipinski definition) is 1. The molecule has 0 N–H and O–H groups in total. The monoisotopic (exact) mass is 612 g/mol. The molecule has 0 spiro atoms. The second-order valence-electron chi connectivity index (χ2n) is 12.5. The van der Waals surface area contributed by atoms with E-state index in [2.05, 4.69) is 170 Å². The average Bonchev–Trinajstić information content (AvgIpc) is 3.49. The molecule has 0 aliphatic carbocycles. The first-order valence-electron chi connectivity index (χ1n) is 16.2. The number of benzene rings is 9. The lowest BCUT2D eigenvalue weighted by molar-refractivity contribution is 1.66. The summed E-state index contributed by atoms with van der Waals surface area (Å²) in [5.74, 6) is 0. The molecule has 0 aliphatic rings. The van der Waals surface area contributed by atoms with Crippen molar-refractivity contribution in [3.05, 3.63) is 170 Å². The van der Waals surface area contributed by atoms with E-state index in [-0.39, 0.29) is 0 Å². The lowest BCUT2D eigenvalue weighted by atomic mass is 9.85. The van der Waals surface area contributed by atoms with Gasteiger partial charge < -0.3 is 0 Å². The average molecular weight is 613 g/mol. The third-order valence-corrected chi connectivity index (χ3v) is 10.9. The van der Waals surface area contributed by atoms with Gasteiger partial charge in [0, 0.05) is 20.2 Å². The fraction of sp³-hybridized carbons (Fsp3) is 0. The predicted octanol–water partition coefficient (Wildman–Crippen LogP) is 13.7. The third-order valence-electron chi connectivity index (χ3n) is 9.79. The molecule has 1 heteroatoms. The zero-order chi connectivity index (χ0) is 30.9. The molecular weight excluding hydrogens is 585 g/mol. The fourth-order valence-electron chi connectivity index (χ4n) is 7.58. The Morgan fingerprint density at radius 2 is 0.723 bits per heavy atom. The smallest absolute Gasteiger partial charge is 0.0361 e. The van der Waals surface area contributed by atoms with E-state index < -0.39 is 0 Å². The van der Waals surface area contributed by atoms with E-state index in [0.717, 1.165) is 0 Å². The maximum atomic E-state index is 2.38. The Labute approximate surface area is 276 Å². The quantitative estimate of drug-likeness (QED) is 0.174. The van der Waals surface area contributed by atoms with Crippen LogP contribution in [0.15, 0.2) is 170 Å². The van der Waals surface area contributed by atoms with Gasteiger partial charge in [-0.2, -0.15) is 0 Å². The van der Waals surface area contributed by atoms with Crippen LogP contribution in [-0.4, -0.2) is 0 Å². The van der Waals surface area contributed by atoms with Gasteiger partial charge in [-0.1, -0.05) is 133 Å². The normalized spacial score (nSPS) is 11.8. The van der Waals surface area contributed by atoms with Gasteiger partial charge in [0.25, 0.3) is 0 Å². The van der Waals surface area contributed by atoms with Crippen LogP contribution in [0.2, 0.25) is 0 Å². The molecule has 0 unspecified atom stereocenters. The third kappa shape index (κ3) is 4.21. The van der Waals surface area contributed by atoms with E-state index in [9.17, 15) is 0 Å². The summed E-state index contributed by atoms with van der Waals surface area (Å²) >= 11 is 1.88. The van der Waals surface area contributed by atoms with Crippen molar-refractivity contribution >= 4 is 74.6 Å². The van der Waals surface area contributed by atoms with Gasteiger partial charge in [0.05, 0.1) is 0 Å². The van der Waals surface area contributed by atoms with Crippen LogP contribution in [0.25, 0.3) is 96.6 Å². The molecule has 0 saturated carbocycles. The van der Waals surface area contributed by atoms with Crippen LogP contribution in [0.1, 0.15) is 0 Å². The zero-order valence-corrected chi connectivity index (χ0v) is 26.4. The molecule has 0 bridgehead atoms. The van der Waals surface area contributed by atoms with Crippen molar-refractivity contribution in [2.75, 3.05) is 0 Å². The topological polar surface area (TPSA) is 0 Å². The summed E-state index contributed by atoms with van der Waals surface area (Å²) in [5.41, 5.74) is 7.59. The van der Waals surface area contributed by atoms with Crippen LogP contribution in [0, 0.1) is 0 Å². The Hall–Kier alpha value is -5.76. The summed E-state index contributed by atoms with van der Waals surface area (Å²) in [6.45, 7) is 0. The van der Waals surface area contributed by atoms with Crippen molar-refractivity contribution in [3.8, 4) is 33.4 Å². The van der Waals surface area contributed by atoms with Crippen LogP contribution in [-0.2, 0) is 0 Å². The standard InChI is InChI=1S/C46H28S/c1-2-10-29(11-3-1)45-37-14-6-8-16-39(37)46(40-17-9-7-15-38(40)45)36-21-20-32-24-33(18-19-34(32)25-36)35-22-23-43-41(27-35)42-26-30-12-4-5-13-31(30)28-44(42)47-43/h1-28H. The molecule has 218 valence electrons. The second kappa shape index (κ2) is 10.4. The van der Waals surface area contributed by atoms with E-state index in [4.69, 9.17) is 0 Å².